The van der Waals surface area contributed by atoms with Crippen LogP contribution in [0.25, 0.3) is 0 Å². The normalized spacial score (nSPS) is 15.2. The van der Waals surface area contributed by atoms with Crippen molar-refractivity contribution in [3.8, 4) is 0 Å². The summed E-state index contributed by atoms with van der Waals surface area (Å²) in [5.74, 6) is 0.908. The molecule has 1 fully saturated rings. The van der Waals surface area contributed by atoms with Crippen LogP contribution < -0.4 is 4.90 Å². The molecule has 1 amide bonds. The highest BCUT2D eigenvalue weighted by Gasteiger charge is 2.33. The second-order valence-electron chi connectivity index (χ2n) is 9.53. The fourth-order valence-electron chi connectivity index (χ4n) is 4.33. The van der Waals surface area contributed by atoms with Crippen molar-refractivity contribution in [2.75, 3.05) is 18.0 Å². The van der Waals surface area contributed by atoms with Crippen molar-refractivity contribution in [2.45, 2.75) is 111 Å². The van der Waals surface area contributed by atoms with Gasteiger partial charge in [0.15, 0.2) is 6.67 Å². The number of nitrogens with zero attached hydrogens (tertiary/aromatic N) is 2. The summed E-state index contributed by atoms with van der Waals surface area (Å²) in [4.78, 5) is 16.7. The summed E-state index contributed by atoms with van der Waals surface area (Å²) >= 11 is 0. The Morgan fingerprint density at radius 3 is 1.83 bits per heavy atom. The molecule has 2 radical (unpaired) electrons. The molecule has 2 rings (SSSR count). The predicted octanol–water partition coefficient (Wildman–Crippen LogP) is 7.50. The maximum atomic E-state index is 12.8. The average molecular weight is 413 g/mol. The van der Waals surface area contributed by atoms with E-state index in [2.05, 4.69) is 64.4 Å². The maximum Gasteiger partial charge on any atom is 0.243 e. The monoisotopic (exact) mass is 412 g/mol. The first-order chi connectivity index (χ1) is 14.5. The molecule has 1 aliphatic heterocycles. The molecule has 168 valence electrons. The van der Waals surface area contributed by atoms with E-state index in [9.17, 15) is 4.79 Å². The lowest BCUT2D eigenvalue weighted by Crippen LogP contribution is -2.25. The van der Waals surface area contributed by atoms with Crippen molar-refractivity contribution in [3.05, 3.63) is 36.0 Å². The first-order valence-corrected chi connectivity index (χ1v) is 12.4. The van der Waals surface area contributed by atoms with Crippen LogP contribution in [0.1, 0.15) is 122 Å². The van der Waals surface area contributed by atoms with Gasteiger partial charge in [0, 0.05) is 6.54 Å². The topological polar surface area (TPSA) is 23.6 Å². The van der Waals surface area contributed by atoms with Gasteiger partial charge in [-0.2, -0.15) is 0 Å². The molecule has 1 aliphatic rings. The fourth-order valence-corrected chi connectivity index (χ4v) is 4.33. The number of anilines is 1. The van der Waals surface area contributed by atoms with E-state index in [0.717, 1.165) is 18.7 Å². The van der Waals surface area contributed by atoms with E-state index in [1.54, 1.807) is 4.90 Å². The first-order valence-electron chi connectivity index (χ1n) is 12.4. The van der Waals surface area contributed by atoms with Crippen LogP contribution in [0.15, 0.2) is 18.2 Å². The number of unbranched alkanes of at least 4 members (excludes halogenated alkanes) is 9. The van der Waals surface area contributed by atoms with Gasteiger partial charge in [-0.15, -0.1) is 0 Å². The van der Waals surface area contributed by atoms with Crippen LogP contribution in [0.2, 0.25) is 0 Å². The molecule has 3 nitrogen and oxygen atoms in total. The number of carbonyl (C=O) groups excluding carboxylic acids is 1. The minimum Gasteiger partial charge on any atom is -0.284 e. The van der Waals surface area contributed by atoms with Crippen molar-refractivity contribution < 1.29 is 4.79 Å². The predicted molar refractivity (Wildman–Crippen MR) is 129 cm³/mol. The molecule has 0 aliphatic carbocycles. The van der Waals surface area contributed by atoms with Gasteiger partial charge < -0.3 is 0 Å². The molecule has 0 saturated carbocycles. The van der Waals surface area contributed by atoms with Gasteiger partial charge >= 0.3 is 0 Å². The summed E-state index contributed by atoms with van der Waals surface area (Å²) in [7, 11) is 0. The van der Waals surface area contributed by atoms with Crippen molar-refractivity contribution in [3.63, 3.8) is 0 Å². The number of hydrogen-bond donors (Lipinski definition) is 0. The minimum absolute atomic E-state index is 0.150. The largest absolute Gasteiger partial charge is 0.284 e. The van der Waals surface area contributed by atoms with Crippen LogP contribution in [-0.4, -0.2) is 23.9 Å². The summed E-state index contributed by atoms with van der Waals surface area (Å²) in [6.45, 7) is 15.9. The Labute approximate surface area is 186 Å². The summed E-state index contributed by atoms with van der Waals surface area (Å²) in [6, 6.07) is 6.44. The van der Waals surface area contributed by atoms with Crippen LogP contribution in [0.5, 0.6) is 0 Å². The molecule has 1 aromatic carbocycles. The molecule has 30 heavy (non-hydrogen) atoms. The van der Waals surface area contributed by atoms with Gasteiger partial charge in [-0.25, -0.2) is 0 Å². The molecular formula is C27H44N2O. The van der Waals surface area contributed by atoms with Crippen molar-refractivity contribution in [2.24, 2.45) is 0 Å². The lowest BCUT2D eigenvalue weighted by Gasteiger charge is -2.26. The molecule has 3 heteroatoms. The zero-order valence-corrected chi connectivity index (χ0v) is 20.2. The lowest BCUT2D eigenvalue weighted by atomic mass is 9.92. The second-order valence-corrected chi connectivity index (χ2v) is 9.53. The molecule has 0 atom stereocenters. The number of carbonyl (C=O) groups is 1. The van der Waals surface area contributed by atoms with Crippen LogP contribution in [0, 0.1) is 6.67 Å². The van der Waals surface area contributed by atoms with Crippen molar-refractivity contribution >= 4 is 11.6 Å². The van der Waals surface area contributed by atoms with Gasteiger partial charge in [-0.3, -0.25) is 14.6 Å². The number of para-hydroxylation sites is 1. The zero-order valence-electron chi connectivity index (χ0n) is 20.2. The van der Waals surface area contributed by atoms with Gasteiger partial charge in [-0.05, 0) is 29.4 Å². The van der Waals surface area contributed by atoms with Gasteiger partial charge in [-0.1, -0.05) is 111 Å². The Bertz CT molecular complexity index is 612. The van der Waals surface area contributed by atoms with Gasteiger partial charge in [0.05, 0.1) is 12.2 Å². The molecule has 1 aromatic rings. The Morgan fingerprint density at radius 1 is 0.833 bits per heavy atom. The molecule has 1 saturated heterocycles. The molecule has 0 spiro atoms. The van der Waals surface area contributed by atoms with E-state index < -0.39 is 0 Å². The Hall–Kier alpha value is -1.35. The van der Waals surface area contributed by atoms with Gasteiger partial charge in [0.1, 0.15) is 0 Å². The first kappa shape index (κ1) is 24.9. The zero-order chi connectivity index (χ0) is 21.9. The van der Waals surface area contributed by atoms with E-state index in [0.29, 0.717) is 18.4 Å². The summed E-state index contributed by atoms with van der Waals surface area (Å²) in [5, 5.41) is 0. The molecule has 0 aromatic heterocycles. The quantitative estimate of drug-likeness (QED) is 0.295. The third-order valence-electron chi connectivity index (χ3n) is 6.16. The lowest BCUT2D eigenvalue weighted by molar-refractivity contribution is -0.116. The summed E-state index contributed by atoms with van der Waals surface area (Å²) in [5.41, 5.74) is 3.55. The van der Waals surface area contributed by atoms with Crippen molar-refractivity contribution in [1.82, 2.24) is 4.90 Å². The van der Waals surface area contributed by atoms with Crippen molar-refractivity contribution in [1.29, 1.82) is 0 Å². The highest BCUT2D eigenvalue weighted by Crippen LogP contribution is 2.37. The van der Waals surface area contributed by atoms with Crippen LogP contribution in [0.3, 0.4) is 0 Å². The standard InChI is InChI=1S/C27H44N2O/c1-6-7-8-9-10-11-12-13-14-15-19-28-20-26(30)29(21-28)27-24(22(2)3)17-16-18-25(27)23(4)5/h16-18,22-23H,6-15,19-20H2,1-5H3. The number of amides is 1. The van der Waals surface area contributed by atoms with E-state index in [4.69, 9.17) is 0 Å². The maximum absolute atomic E-state index is 12.8. The second kappa shape index (κ2) is 13.1. The van der Waals surface area contributed by atoms with Crippen LogP contribution >= 0.6 is 0 Å². The number of hydrogen-bond acceptors (Lipinski definition) is 2. The summed E-state index contributed by atoms with van der Waals surface area (Å²) < 4.78 is 0. The fraction of sp³-hybridized carbons (Fsp3) is 0.704. The highest BCUT2D eigenvalue weighted by molar-refractivity contribution is 5.99. The van der Waals surface area contributed by atoms with E-state index in [-0.39, 0.29) is 5.91 Å². The SMILES string of the molecule is CCCCCCCCCCCCN1[C]N(c2c(C(C)C)cccc2C(C)C)C(=O)C1. The van der Waals surface area contributed by atoms with Crippen LogP contribution in [0.4, 0.5) is 5.69 Å². The highest BCUT2D eigenvalue weighted by atomic mass is 16.2. The van der Waals surface area contributed by atoms with E-state index in [1.807, 2.05) is 0 Å². The van der Waals surface area contributed by atoms with E-state index >= 15 is 0 Å². The molecule has 0 N–H and O–H groups in total. The Balaban J connectivity index is 1.80. The van der Waals surface area contributed by atoms with Crippen LogP contribution in [-0.2, 0) is 4.79 Å². The summed E-state index contributed by atoms with van der Waals surface area (Å²) in [6.07, 6.45) is 13.3. The van der Waals surface area contributed by atoms with Gasteiger partial charge in [0.25, 0.3) is 0 Å². The molecule has 0 bridgehead atoms. The molecular weight excluding hydrogens is 368 g/mol. The smallest absolute Gasteiger partial charge is 0.243 e. The Morgan fingerprint density at radius 2 is 1.33 bits per heavy atom. The van der Waals surface area contributed by atoms with Gasteiger partial charge in [0.2, 0.25) is 5.91 Å². The minimum atomic E-state index is 0.150. The Kier molecular flexibility index (Phi) is 10.9. The van der Waals surface area contributed by atoms with E-state index in [1.165, 1.54) is 68.9 Å². The third-order valence-corrected chi connectivity index (χ3v) is 6.16. The number of benzene rings is 1. The number of rotatable bonds is 14. The third kappa shape index (κ3) is 7.41. The average Bonchev–Trinajstić information content (AvgIpc) is 3.08. The molecule has 1 heterocycles. The molecule has 0 unspecified atom stereocenters.